The molecule has 0 saturated carbocycles. The van der Waals surface area contributed by atoms with Gasteiger partial charge in [-0.15, -0.1) is 0 Å². The second kappa shape index (κ2) is 6.21. The fourth-order valence-electron chi connectivity index (χ4n) is 2.16. The highest BCUT2D eigenvalue weighted by atomic mass is 14.9. The van der Waals surface area contributed by atoms with E-state index in [0.29, 0.717) is 5.69 Å². The maximum absolute atomic E-state index is 8.63. The van der Waals surface area contributed by atoms with Gasteiger partial charge in [-0.3, -0.25) is 0 Å². The molecule has 4 heteroatoms. The summed E-state index contributed by atoms with van der Waals surface area (Å²) in [6.45, 7) is 3.29. The van der Waals surface area contributed by atoms with Crippen LogP contribution < -0.4 is 10.6 Å². The van der Waals surface area contributed by atoms with Crippen LogP contribution in [-0.2, 0) is 0 Å². The van der Waals surface area contributed by atoms with Gasteiger partial charge in [-0.05, 0) is 50.4 Å². The van der Waals surface area contributed by atoms with Gasteiger partial charge in [-0.2, -0.15) is 5.26 Å². The molecule has 17 heavy (non-hydrogen) atoms. The third kappa shape index (κ3) is 3.72. The first-order chi connectivity index (χ1) is 8.38. The number of rotatable bonds is 4. The molecule has 0 bridgehead atoms. The summed E-state index contributed by atoms with van der Waals surface area (Å²) in [5.41, 5.74) is 1.46. The fraction of sp³-hybridized carbons (Fsp3) is 0.538. The van der Waals surface area contributed by atoms with Crippen molar-refractivity contribution >= 4 is 5.69 Å². The largest absolute Gasteiger partial charge is 0.384 e. The second-order valence-corrected chi connectivity index (χ2v) is 4.47. The van der Waals surface area contributed by atoms with Crippen molar-refractivity contribution in [2.24, 2.45) is 5.92 Å². The third-order valence-corrected chi connectivity index (χ3v) is 3.16. The number of nitrogens with one attached hydrogen (secondary N) is 2. The zero-order valence-electron chi connectivity index (χ0n) is 9.95. The van der Waals surface area contributed by atoms with E-state index in [1.807, 2.05) is 12.1 Å². The highest BCUT2D eigenvalue weighted by molar-refractivity contribution is 5.42. The lowest BCUT2D eigenvalue weighted by molar-refractivity contribution is 0.364. The Morgan fingerprint density at radius 1 is 1.53 bits per heavy atom. The summed E-state index contributed by atoms with van der Waals surface area (Å²) in [6.07, 6.45) is 5.54. The van der Waals surface area contributed by atoms with Crippen LogP contribution in [0.3, 0.4) is 0 Å². The Bertz CT molecular complexity index is 373. The quantitative estimate of drug-likeness (QED) is 0.827. The summed E-state index contributed by atoms with van der Waals surface area (Å²) in [4.78, 5) is 4.03. The summed E-state index contributed by atoms with van der Waals surface area (Å²) in [5, 5.41) is 15.4. The summed E-state index contributed by atoms with van der Waals surface area (Å²) in [7, 11) is 0. The molecular formula is C13H18N4. The van der Waals surface area contributed by atoms with E-state index in [0.717, 1.165) is 24.7 Å². The molecule has 2 rings (SSSR count). The number of nitriles is 1. The first kappa shape index (κ1) is 11.9. The van der Waals surface area contributed by atoms with Gasteiger partial charge in [0.15, 0.2) is 0 Å². The van der Waals surface area contributed by atoms with Gasteiger partial charge in [0, 0.05) is 6.54 Å². The van der Waals surface area contributed by atoms with Crippen molar-refractivity contribution in [2.75, 3.05) is 25.0 Å². The first-order valence-corrected chi connectivity index (χ1v) is 6.19. The van der Waals surface area contributed by atoms with E-state index < -0.39 is 0 Å². The molecule has 1 atom stereocenters. The summed E-state index contributed by atoms with van der Waals surface area (Å²) >= 11 is 0. The van der Waals surface area contributed by atoms with Gasteiger partial charge in [-0.25, -0.2) is 4.98 Å². The molecule has 1 unspecified atom stereocenters. The highest BCUT2D eigenvalue weighted by Crippen LogP contribution is 2.14. The Morgan fingerprint density at radius 3 is 3.12 bits per heavy atom. The summed E-state index contributed by atoms with van der Waals surface area (Å²) in [6, 6.07) is 5.66. The van der Waals surface area contributed by atoms with E-state index in [9.17, 15) is 0 Å². The highest BCUT2D eigenvalue weighted by Gasteiger charge is 2.11. The Balaban J connectivity index is 1.72. The van der Waals surface area contributed by atoms with E-state index in [2.05, 4.69) is 15.6 Å². The topological polar surface area (TPSA) is 60.7 Å². The molecule has 1 aliphatic heterocycles. The van der Waals surface area contributed by atoms with Crippen molar-refractivity contribution in [1.29, 1.82) is 5.26 Å². The molecule has 0 aliphatic carbocycles. The molecular weight excluding hydrogens is 212 g/mol. The minimum absolute atomic E-state index is 0.465. The molecule has 0 aromatic carbocycles. The maximum atomic E-state index is 8.63. The monoisotopic (exact) mass is 230 g/mol. The van der Waals surface area contributed by atoms with Gasteiger partial charge in [-0.1, -0.05) is 0 Å². The van der Waals surface area contributed by atoms with Crippen molar-refractivity contribution in [3.05, 3.63) is 24.0 Å². The smallest absolute Gasteiger partial charge is 0.140 e. The van der Waals surface area contributed by atoms with Gasteiger partial charge in [0.1, 0.15) is 11.8 Å². The van der Waals surface area contributed by atoms with Crippen LogP contribution in [0.1, 0.15) is 25.0 Å². The van der Waals surface area contributed by atoms with Gasteiger partial charge < -0.3 is 10.6 Å². The Kier molecular flexibility index (Phi) is 4.34. The average molecular weight is 230 g/mol. The number of nitrogens with zero attached hydrogens (tertiary/aromatic N) is 2. The zero-order chi connectivity index (χ0) is 11.9. The van der Waals surface area contributed by atoms with Crippen LogP contribution in [0.5, 0.6) is 0 Å². The summed E-state index contributed by atoms with van der Waals surface area (Å²) in [5.74, 6) is 0.794. The lowest BCUT2D eigenvalue weighted by Gasteiger charge is -2.22. The van der Waals surface area contributed by atoms with Crippen LogP contribution in [-0.4, -0.2) is 24.6 Å². The van der Waals surface area contributed by atoms with Gasteiger partial charge >= 0.3 is 0 Å². The number of pyridine rings is 1. The molecule has 0 radical (unpaired) electrons. The Hall–Kier alpha value is -1.60. The normalized spacial score (nSPS) is 19.6. The Labute approximate surface area is 102 Å². The van der Waals surface area contributed by atoms with E-state index >= 15 is 0 Å². The van der Waals surface area contributed by atoms with E-state index in [1.54, 1.807) is 12.3 Å². The molecule has 1 saturated heterocycles. The number of piperidine rings is 1. The van der Waals surface area contributed by atoms with Gasteiger partial charge in [0.2, 0.25) is 0 Å². The molecule has 2 N–H and O–H groups in total. The average Bonchev–Trinajstić information content (AvgIpc) is 2.41. The molecule has 1 aliphatic rings. The second-order valence-electron chi connectivity index (χ2n) is 4.47. The summed E-state index contributed by atoms with van der Waals surface area (Å²) < 4.78 is 0. The third-order valence-electron chi connectivity index (χ3n) is 3.16. The van der Waals surface area contributed by atoms with Crippen LogP contribution in [0, 0.1) is 17.2 Å². The van der Waals surface area contributed by atoms with Crippen molar-refractivity contribution < 1.29 is 0 Å². The SMILES string of the molecule is N#Cc1ccc(NCCC2CCCNC2)cn1. The standard InChI is InChI=1S/C13H18N4/c14-8-12-3-4-13(10-17-12)16-7-5-11-2-1-6-15-9-11/h3-4,10-11,15-16H,1-2,5-7,9H2. The number of hydrogen-bond acceptors (Lipinski definition) is 4. The van der Waals surface area contributed by atoms with Crippen LogP contribution in [0.25, 0.3) is 0 Å². The van der Waals surface area contributed by atoms with E-state index in [1.165, 1.54) is 25.8 Å². The number of anilines is 1. The van der Waals surface area contributed by atoms with Crippen LogP contribution in [0.4, 0.5) is 5.69 Å². The van der Waals surface area contributed by atoms with Gasteiger partial charge in [0.05, 0.1) is 11.9 Å². The minimum atomic E-state index is 0.465. The van der Waals surface area contributed by atoms with Crippen molar-refractivity contribution in [1.82, 2.24) is 10.3 Å². The lowest BCUT2D eigenvalue weighted by Crippen LogP contribution is -2.30. The number of aromatic nitrogens is 1. The van der Waals surface area contributed by atoms with E-state index in [-0.39, 0.29) is 0 Å². The molecule has 1 aromatic rings. The van der Waals surface area contributed by atoms with Crippen molar-refractivity contribution in [2.45, 2.75) is 19.3 Å². The predicted molar refractivity (Wildman–Crippen MR) is 67.7 cm³/mol. The first-order valence-electron chi connectivity index (χ1n) is 6.19. The molecule has 2 heterocycles. The van der Waals surface area contributed by atoms with E-state index in [4.69, 9.17) is 5.26 Å². The molecule has 90 valence electrons. The maximum Gasteiger partial charge on any atom is 0.140 e. The molecule has 0 spiro atoms. The Morgan fingerprint density at radius 2 is 2.47 bits per heavy atom. The van der Waals surface area contributed by atoms with Crippen molar-refractivity contribution in [3.8, 4) is 6.07 Å². The lowest BCUT2D eigenvalue weighted by atomic mass is 9.96. The molecule has 0 amide bonds. The zero-order valence-corrected chi connectivity index (χ0v) is 9.95. The van der Waals surface area contributed by atoms with Crippen LogP contribution >= 0.6 is 0 Å². The van der Waals surface area contributed by atoms with Gasteiger partial charge in [0.25, 0.3) is 0 Å². The molecule has 4 nitrogen and oxygen atoms in total. The minimum Gasteiger partial charge on any atom is -0.384 e. The fourth-order valence-corrected chi connectivity index (χ4v) is 2.16. The van der Waals surface area contributed by atoms with Crippen LogP contribution in [0.2, 0.25) is 0 Å². The van der Waals surface area contributed by atoms with Crippen LogP contribution in [0.15, 0.2) is 18.3 Å². The van der Waals surface area contributed by atoms with Crippen molar-refractivity contribution in [3.63, 3.8) is 0 Å². The molecule has 1 fully saturated rings. The molecule has 1 aromatic heterocycles. The number of hydrogen-bond donors (Lipinski definition) is 2. The predicted octanol–water partition coefficient (Wildman–Crippen LogP) is 1.75.